The lowest BCUT2D eigenvalue weighted by atomic mass is 10.2. The van der Waals surface area contributed by atoms with Crippen LogP contribution in [0.15, 0.2) is 66.9 Å². The molecule has 1 aliphatic heterocycles. The molecule has 32 heavy (non-hydrogen) atoms. The first-order valence-electron chi connectivity index (χ1n) is 9.97. The Labute approximate surface area is 198 Å². The number of benzene rings is 2. The van der Waals surface area contributed by atoms with E-state index < -0.39 is 11.9 Å². The summed E-state index contributed by atoms with van der Waals surface area (Å²) in [5.74, 6) is -0.981. The van der Waals surface area contributed by atoms with Gasteiger partial charge >= 0.3 is 5.97 Å². The van der Waals surface area contributed by atoms with Gasteiger partial charge in [0, 0.05) is 41.6 Å². The van der Waals surface area contributed by atoms with E-state index in [0.717, 1.165) is 41.3 Å². The summed E-state index contributed by atoms with van der Waals surface area (Å²) in [6.45, 7) is 2.94. The number of hydrogen-bond acceptors (Lipinski definition) is 5. The Morgan fingerprint density at radius 2 is 1.47 bits per heavy atom. The summed E-state index contributed by atoms with van der Waals surface area (Å²) in [6.07, 6.45) is 1.40. The number of aromatic carboxylic acids is 1. The van der Waals surface area contributed by atoms with Crippen LogP contribution in [-0.2, 0) is 0 Å². The summed E-state index contributed by atoms with van der Waals surface area (Å²) in [6, 6.07) is 16.7. The third-order valence-electron chi connectivity index (χ3n) is 5.31. The quantitative estimate of drug-likeness (QED) is 0.381. The van der Waals surface area contributed by atoms with Crippen LogP contribution in [0.2, 0.25) is 0 Å². The van der Waals surface area contributed by atoms with Crippen molar-refractivity contribution in [3.8, 4) is 0 Å². The van der Waals surface area contributed by atoms with Crippen LogP contribution in [0, 0.1) is 3.57 Å². The highest BCUT2D eigenvalue weighted by atomic mass is 127. The maximum atomic E-state index is 14.5. The van der Waals surface area contributed by atoms with E-state index in [2.05, 4.69) is 37.4 Å². The molecule has 0 saturated carbocycles. The highest BCUT2D eigenvalue weighted by Gasteiger charge is 2.21. The van der Waals surface area contributed by atoms with Gasteiger partial charge in [0.1, 0.15) is 5.82 Å². The standard InChI is InChI=1S/C23H20FIN4O3/c24-29(20-8-4-18(25)5-9-20)22(30)17-3-10-21(26-15-17)28-13-11-27(12-14-28)19-6-1-16(2-7-19)23(31)32/h1-10,15H,11-14H2,(H,31,32). The molecular weight excluding hydrogens is 526 g/mol. The van der Waals surface area contributed by atoms with Gasteiger partial charge in [0.15, 0.2) is 0 Å². The van der Waals surface area contributed by atoms with Crippen LogP contribution in [0.4, 0.5) is 21.7 Å². The van der Waals surface area contributed by atoms with Crippen LogP contribution < -0.4 is 14.9 Å². The fraction of sp³-hybridized carbons (Fsp3) is 0.174. The lowest BCUT2D eigenvalue weighted by Gasteiger charge is -2.36. The topological polar surface area (TPSA) is 77.0 Å². The van der Waals surface area contributed by atoms with Crippen molar-refractivity contribution in [1.29, 1.82) is 0 Å². The molecule has 0 spiro atoms. The Hall–Kier alpha value is -3.21. The molecule has 164 valence electrons. The monoisotopic (exact) mass is 546 g/mol. The van der Waals surface area contributed by atoms with Gasteiger partial charge in [-0.3, -0.25) is 4.79 Å². The average Bonchev–Trinajstić information content (AvgIpc) is 2.84. The van der Waals surface area contributed by atoms with E-state index in [1.165, 1.54) is 6.20 Å². The van der Waals surface area contributed by atoms with E-state index in [9.17, 15) is 14.1 Å². The Balaban J connectivity index is 1.37. The van der Waals surface area contributed by atoms with Gasteiger partial charge in [0.05, 0.1) is 16.8 Å². The number of nitrogens with zero attached hydrogens (tertiary/aromatic N) is 4. The van der Waals surface area contributed by atoms with Gasteiger partial charge in [-0.25, -0.2) is 9.78 Å². The molecule has 0 unspecified atom stereocenters. The summed E-state index contributed by atoms with van der Waals surface area (Å²) in [4.78, 5) is 32.1. The van der Waals surface area contributed by atoms with Crippen LogP contribution >= 0.6 is 22.6 Å². The molecule has 0 atom stereocenters. The molecule has 7 nitrogen and oxygen atoms in total. The molecule has 4 rings (SSSR count). The van der Waals surface area contributed by atoms with Gasteiger partial charge in [-0.05, 0) is 83.3 Å². The predicted molar refractivity (Wildman–Crippen MR) is 129 cm³/mol. The van der Waals surface area contributed by atoms with E-state index in [1.54, 1.807) is 48.5 Å². The Morgan fingerprint density at radius 1 is 0.875 bits per heavy atom. The third-order valence-corrected chi connectivity index (χ3v) is 6.03. The first-order chi connectivity index (χ1) is 15.4. The summed E-state index contributed by atoms with van der Waals surface area (Å²) in [5.41, 5.74) is 1.58. The summed E-state index contributed by atoms with van der Waals surface area (Å²) in [5, 5.41) is 9.15. The molecule has 0 radical (unpaired) electrons. The third kappa shape index (κ3) is 4.82. The first kappa shape index (κ1) is 22.0. The van der Waals surface area contributed by atoms with Gasteiger partial charge < -0.3 is 14.9 Å². The normalized spacial score (nSPS) is 13.7. The molecule has 1 aliphatic rings. The zero-order chi connectivity index (χ0) is 22.7. The minimum absolute atomic E-state index is 0.126. The molecule has 0 aliphatic carbocycles. The number of aromatic nitrogens is 1. The average molecular weight is 546 g/mol. The minimum atomic E-state index is -0.941. The minimum Gasteiger partial charge on any atom is -0.478 e. The predicted octanol–water partition coefficient (Wildman–Crippen LogP) is 4.24. The largest absolute Gasteiger partial charge is 0.478 e. The second-order valence-corrected chi connectivity index (χ2v) is 8.54. The van der Waals surface area contributed by atoms with Crippen LogP contribution in [-0.4, -0.2) is 48.1 Å². The number of carbonyl (C=O) groups excluding carboxylic acids is 1. The zero-order valence-corrected chi connectivity index (χ0v) is 19.1. The molecule has 1 aromatic heterocycles. The van der Waals surface area contributed by atoms with E-state index in [1.807, 2.05) is 12.1 Å². The highest BCUT2D eigenvalue weighted by Crippen LogP contribution is 2.22. The number of piperazine rings is 1. The molecule has 2 aromatic carbocycles. The van der Waals surface area contributed by atoms with Crippen molar-refractivity contribution in [2.75, 3.05) is 41.1 Å². The molecule has 1 N–H and O–H groups in total. The first-order valence-corrected chi connectivity index (χ1v) is 11.1. The molecule has 1 saturated heterocycles. The lowest BCUT2D eigenvalue weighted by Crippen LogP contribution is -2.46. The second-order valence-electron chi connectivity index (χ2n) is 7.29. The Bertz CT molecular complexity index is 1100. The number of pyridine rings is 1. The molecule has 3 aromatic rings. The summed E-state index contributed by atoms with van der Waals surface area (Å²) < 4.78 is 15.4. The number of carbonyl (C=O) groups is 2. The Morgan fingerprint density at radius 3 is 2.03 bits per heavy atom. The van der Waals surface area contributed by atoms with Crippen molar-refractivity contribution >= 4 is 51.7 Å². The maximum Gasteiger partial charge on any atom is 0.335 e. The van der Waals surface area contributed by atoms with Gasteiger partial charge in [0.25, 0.3) is 5.91 Å². The molecule has 2 heterocycles. The summed E-state index contributed by atoms with van der Waals surface area (Å²) >= 11 is 2.12. The van der Waals surface area contributed by atoms with Gasteiger partial charge in [-0.1, -0.05) is 4.48 Å². The maximum absolute atomic E-state index is 14.5. The van der Waals surface area contributed by atoms with E-state index in [4.69, 9.17) is 5.11 Å². The number of amides is 1. The smallest absolute Gasteiger partial charge is 0.335 e. The van der Waals surface area contributed by atoms with Crippen molar-refractivity contribution in [3.63, 3.8) is 0 Å². The molecule has 9 heteroatoms. The highest BCUT2D eigenvalue weighted by molar-refractivity contribution is 14.1. The van der Waals surface area contributed by atoms with Crippen LogP contribution in [0.1, 0.15) is 20.7 Å². The van der Waals surface area contributed by atoms with Gasteiger partial charge in [-0.2, -0.15) is 0 Å². The molecular formula is C23H20FIN4O3. The van der Waals surface area contributed by atoms with Gasteiger partial charge in [-0.15, -0.1) is 5.12 Å². The number of carboxylic acids is 1. The lowest BCUT2D eigenvalue weighted by molar-refractivity contribution is 0.0696. The van der Waals surface area contributed by atoms with Crippen LogP contribution in [0.5, 0.6) is 0 Å². The van der Waals surface area contributed by atoms with E-state index >= 15 is 0 Å². The fourth-order valence-electron chi connectivity index (χ4n) is 3.51. The Kier molecular flexibility index (Phi) is 6.54. The number of hydrogen-bond donors (Lipinski definition) is 1. The van der Waals surface area contributed by atoms with Crippen molar-refractivity contribution in [2.45, 2.75) is 0 Å². The van der Waals surface area contributed by atoms with Crippen molar-refractivity contribution in [2.24, 2.45) is 0 Å². The number of anilines is 3. The molecule has 0 bridgehead atoms. The molecule has 1 amide bonds. The SMILES string of the molecule is O=C(O)c1ccc(N2CCN(c3ccc(C(=O)N(F)c4ccc(I)cc4)cn3)CC2)cc1. The summed E-state index contributed by atoms with van der Waals surface area (Å²) in [7, 11) is 0. The van der Waals surface area contributed by atoms with Crippen molar-refractivity contribution < 1.29 is 19.2 Å². The van der Waals surface area contributed by atoms with Crippen LogP contribution in [0.25, 0.3) is 0 Å². The fourth-order valence-corrected chi connectivity index (χ4v) is 3.87. The van der Waals surface area contributed by atoms with Gasteiger partial charge in [0.2, 0.25) is 0 Å². The molecule has 1 fully saturated rings. The van der Waals surface area contributed by atoms with Crippen molar-refractivity contribution in [3.05, 3.63) is 81.6 Å². The number of rotatable bonds is 5. The van der Waals surface area contributed by atoms with Crippen molar-refractivity contribution in [1.82, 2.24) is 4.98 Å². The second kappa shape index (κ2) is 9.51. The van der Waals surface area contributed by atoms with E-state index in [0.29, 0.717) is 0 Å². The zero-order valence-electron chi connectivity index (χ0n) is 17.0. The number of carboxylic acid groups (broad SMARTS) is 1. The number of halogens is 2. The van der Waals surface area contributed by atoms with E-state index in [-0.39, 0.29) is 21.9 Å². The van der Waals surface area contributed by atoms with Crippen LogP contribution in [0.3, 0.4) is 0 Å².